The summed E-state index contributed by atoms with van der Waals surface area (Å²) in [4.78, 5) is 13.1. The van der Waals surface area contributed by atoms with Crippen molar-refractivity contribution in [1.29, 1.82) is 0 Å². The Morgan fingerprint density at radius 3 is 2.74 bits per heavy atom. The molecule has 1 amide bonds. The van der Waals surface area contributed by atoms with E-state index < -0.39 is 0 Å². The van der Waals surface area contributed by atoms with Gasteiger partial charge in [0, 0.05) is 15.9 Å². The molecule has 0 atom stereocenters. The van der Waals surface area contributed by atoms with Crippen LogP contribution in [0, 0.1) is 5.41 Å². The molecule has 0 aromatic heterocycles. The van der Waals surface area contributed by atoms with E-state index in [2.05, 4.69) is 40.8 Å². The number of hydrogen-bond acceptors (Lipinski definition) is 2. The lowest BCUT2D eigenvalue weighted by Gasteiger charge is -2.27. The average molecular weight is 342 g/mol. The summed E-state index contributed by atoms with van der Waals surface area (Å²) in [5, 5.41) is 3.10. The molecular formula is C15H20BrNOS. The Bertz CT molecular complexity index is 469. The molecule has 1 aliphatic rings. The number of amides is 1. The smallest absolute Gasteiger partial charge is 0.252 e. The lowest BCUT2D eigenvalue weighted by molar-refractivity contribution is 0.0928. The minimum atomic E-state index is -0.0116. The zero-order chi connectivity index (χ0) is 13.9. The molecule has 0 saturated heterocycles. The largest absolute Gasteiger partial charge is 0.351 e. The summed E-state index contributed by atoms with van der Waals surface area (Å²) in [5.74, 6) is -0.0116. The minimum Gasteiger partial charge on any atom is -0.351 e. The molecule has 0 radical (unpaired) electrons. The first-order valence-corrected chi connectivity index (χ1v) is 8.07. The summed E-state index contributed by atoms with van der Waals surface area (Å²) in [5.41, 5.74) is 0.984. The summed E-state index contributed by atoms with van der Waals surface area (Å²) < 4.78 is 0.819. The molecule has 19 heavy (non-hydrogen) atoms. The molecule has 1 N–H and O–H groups in total. The first-order chi connectivity index (χ1) is 9.06. The molecule has 1 aromatic carbocycles. The zero-order valence-electron chi connectivity index (χ0n) is 11.2. The molecule has 2 rings (SSSR count). The summed E-state index contributed by atoms with van der Waals surface area (Å²) in [7, 11) is 0. The Morgan fingerprint density at radius 2 is 2.11 bits per heavy atom. The van der Waals surface area contributed by atoms with Gasteiger partial charge in [-0.2, -0.15) is 0 Å². The maximum absolute atomic E-state index is 12.3. The Morgan fingerprint density at radius 1 is 1.42 bits per heavy atom. The van der Waals surface area contributed by atoms with Crippen LogP contribution < -0.4 is 5.32 Å². The van der Waals surface area contributed by atoms with Gasteiger partial charge in [0.1, 0.15) is 0 Å². The normalized spacial score (nSPS) is 17.4. The predicted molar refractivity (Wildman–Crippen MR) is 84.9 cm³/mol. The Labute approximate surface area is 128 Å². The second-order valence-corrected chi connectivity index (χ2v) is 6.78. The summed E-state index contributed by atoms with van der Waals surface area (Å²) in [6.07, 6.45) is 6.19. The van der Waals surface area contributed by atoms with Gasteiger partial charge in [-0.1, -0.05) is 19.8 Å². The van der Waals surface area contributed by atoms with Gasteiger partial charge in [0.25, 0.3) is 5.91 Å². The van der Waals surface area contributed by atoms with E-state index in [1.807, 2.05) is 12.1 Å². The van der Waals surface area contributed by atoms with Crippen molar-refractivity contribution in [2.24, 2.45) is 5.41 Å². The van der Waals surface area contributed by atoms with E-state index in [1.54, 1.807) is 6.07 Å². The van der Waals surface area contributed by atoms with E-state index in [0.29, 0.717) is 11.0 Å². The molecule has 1 saturated carbocycles. The zero-order valence-corrected chi connectivity index (χ0v) is 13.7. The third kappa shape index (κ3) is 3.54. The van der Waals surface area contributed by atoms with E-state index in [1.165, 1.54) is 25.7 Å². The maximum Gasteiger partial charge on any atom is 0.252 e. The van der Waals surface area contributed by atoms with E-state index in [-0.39, 0.29) is 5.91 Å². The number of carbonyl (C=O) groups is 1. The predicted octanol–water partition coefficient (Wildman–Crippen LogP) is 4.44. The van der Waals surface area contributed by atoms with Crippen LogP contribution in [0.3, 0.4) is 0 Å². The molecule has 2 nitrogen and oxygen atoms in total. The fourth-order valence-corrected chi connectivity index (χ4v) is 3.46. The van der Waals surface area contributed by atoms with Crippen LogP contribution in [0.1, 0.15) is 49.4 Å². The van der Waals surface area contributed by atoms with Crippen molar-refractivity contribution in [2.45, 2.75) is 43.9 Å². The highest BCUT2D eigenvalue weighted by Crippen LogP contribution is 2.40. The van der Waals surface area contributed by atoms with E-state index >= 15 is 0 Å². The summed E-state index contributed by atoms with van der Waals surface area (Å²) in [6, 6.07) is 5.53. The third-order valence-corrected chi connectivity index (χ3v) is 5.20. The number of hydrogen-bond donors (Lipinski definition) is 2. The Balaban J connectivity index is 2.03. The molecule has 1 fully saturated rings. The number of thiol groups is 1. The van der Waals surface area contributed by atoms with Crippen LogP contribution in [0.25, 0.3) is 0 Å². The molecule has 0 heterocycles. The quantitative estimate of drug-likeness (QED) is 0.779. The number of carbonyl (C=O) groups excluding carboxylic acids is 1. The maximum atomic E-state index is 12.3. The van der Waals surface area contributed by atoms with E-state index in [9.17, 15) is 4.79 Å². The SMILES string of the molecule is CCC1(CNC(=O)c2cc(S)ccc2Br)CCCC1. The van der Waals surface area contributed by atoms with Crippen LogP contribution in [0.15, 0.2) is 27.6 Å². The second kappa shape index (κ2) is 6.31. The van der Waals surface area contributed by atoms with Crippen molar-refractivity contribution in [3.63, 3.8) is 0 Å². The highest BCUT2D eigenvalue weighted by atomic mass is 79.9. The molecule has 0 aliphatic heterocycles. The van der Waals surface area contributed by atoms with E-state index in [4.69, 9.17) is 0 Å². The molecule has 4 heteroatoms. The van der Waals surface area contributed by atoms with Crippen molar-refractivity contribution in [1.82, 2.24) is 5.32 Å². The van der Waals surface area contributed by atoms with Crippen LogP contribution in [0.5, 0.6) is 0 Å². The summed E-state index contributed by atoms with van der Waals surface area (Å²) >= 11 is 7.71. The fourth-order valence-electron chi connectivity index (χ4n) is 2.83. The lowest BCUT2D eigenvalue weighted by atomic mass is 9.83. The molecule has 0 spiro atoms. The topological polar surface area (TPSA) is 29.1 Å². The number of halogens is 1. The van der Waals surface area contributed by atoms with Gasteiger partial charge in [0.2, 0.25) is 0 Å². The first-order valence-electron chi connectivity index (χ1n) is 6.83. The van der Waals surface area contributed by atoms with Gasteiger partial charge in [0.15, 0.2) is 0 Å². The van der Waals surface area contributed by atoms with Gasteiger partial charge in [0.05, 0.1) is 5.56 Å². The van der Waals surface area contributed by atoms with Crippen LogP contribution in [-0.4, -0.2) is 12.5 Å². The van der Waals surface area contributed by atoms with Crippen LogP contribution in [-0.2, 0) is 0 Å². The van der Waals surface area contributed by atoms with Crippen molar-refractivity contribution >= 4 is 34.5 Å². The van der Waals surface area contributed by atoms with Crippen molar-refractivity contribution in [3.8, 4) is 0 Å². The van der Waals surface area contributed by atoms with Gasteiger partial charge in [-0.25, -0.2) is 0 Å². The van der Waals surface area contributed by atoms with Gasteiger partial charge >= 0.3 is 0 Å². The van der Waals surface area contributed by atoms with E-state index in [0.717, 1.165) is 22.3 Å². The Kier molecular flexibility index (Phi) is 4.96. The minimum absolute atomic E-state index is 0.0116. The first kappa shape index (κ1) is 14.9. The highest BCUT2D eigenvalue weighted by molar-refractivity contribution is 9.10. The van der Waals surface area contributed by atoms with Gasteiger partial charge in [-0.05, 0) is 58.8 Å². The average Bonchev–Trinajstić information content (AvgIpc) is 2.88. The second-order valence-electron chi connectivity index (χ2n) is 5.41. The van der Waals surface area contributed by atoms with Crippen molar-refractivity contribution in [2.75, 3.05) is 6.54 Å². The van der Waals surface area contributed by atoms with Crippen LogP contribution in [0.4, 0.5) is 0 Å². The number of nitrogens with one attached hydrogen (secondary N) is 1. The standard InChI is InChI=1S/C15H20BrNOS/c1-2-15(7-3-4-8-15)10-17-14(18)12-9-11(19)5-6-13(12)16/h5-6,9,19H,2-4,7-8,10H2,1H3,(H,17,18). The fraction of sp³-hybridized carbons (Fsp3) is 0.533. The van der Waals surface area contributed by atoms with Crippen molar-refractivity contribution < 1.29 is 4.79 Å². The molecule has 104 valence electrons. The molecule has 1 aromatic rings. The molecule has 0 bridgehead atoms. The Hall–Kier alpha value is -0.480. The number of rotatable bonds is 4. The van der Waals surface area contributed by atoms with Crippen LogP contribution in [0.2, 0.25) is 0 Å². The molecular weight excluding hydrogens is 322 g/mol. The monoisotopic (exact) mass is 341 g/mol. The third-order valence-electron chi connectivity index (χ3n) is 4.23. The van der Waals surface area contributed by atoms with Gasteiger partial charge in [-0.3, -0.25) is 4.79 Å². The lowest BCUT2D eigenvalue weighted by Crippen LogP contribution is -2.35. The van der Waals surface area contributed by atoms with Gasteiger partial charge in [-0.15, -0.1) is 12.6 Å². The molecule has 0 unspecified atom stereocenters. The van der Waals surface area contributed by atoms with Gasteiger partial charge < -0.3 is 5.32 Å². The molecule has 1 aliphatic carbocycles. The number of benzene rings is 1. The highest BCUT2D eigenvalue weighted by Gasteiger charge is 2.32. The summed E-state index contributed by atoms with van der Waals surface area (Å²) in [6.45, 7) is 3.01. The van der Waals surface area contributed by atoms with Crippen molar-refractivity contribution in [3.05, 3.63) is 28.2 Å². The van der Waals surface area contributed by atoms with Crippen LogP contribution >= 0.6 is 28.6 Å².